The number of hydrogen-bond donors (Lipinski definition) is 3. The van der Waals surface area contributed by atoms with Gasteiger partial charge < -0.3 is 16.0 Å². The fourth-order valence-corrected chi connectivity index (χ4v) is 4.06. The number of amides is 3. The summed E-state index contributed by atoms with van der Waals surface area (Å²) < 4.78 is 0. The Balaban J connectivity index is 1.58. The molecule has 7 nitrogen and oxygen atoms in total. The fraction of sp³-hybridized carbons (Fsp3) is 0.571. The molecule has 2 heterocycles. The molecule has 0 saturated carbocycles. The van der Waals surface area contributed by atoms with Crippen molar-refractivity contribution in [2.24, 2.45) is 5.73 Å². The smallest absolute Gasteiger partial charge is 0.255 e. The zero-order valence-corrected chi connectivity index (χ0v) is 16.5. The van der Waals surface area contributed by atoms with Crippen LogP contribution in [0, 0.1) is 0 Å². The molecule has 7 heteroatoms. The molecule has 152 valence electrons. The molecular formula is C21H30N4O3. The van der Waals surface area contributed by atoms with Crippen molar-refractivity contribution >= 4 is 17.7 Å². The summed E-state index contributed by atoms with van der Waals surface area (Å²) in [4.78, 5) is 38.2. The normalized spacial score (nSPS) is 20.3. The molecule has 1 aromatic rings. The first-order chi connectivity index (χ1) is 13.5. The maximum absolute atomic E-state index is 13.0. The number of nitrogens with zero attached hydrogens (tertiary/aromatic N) is 1. The molecule has 0 aliphatic carbocycles. The van der Waals surface area contributed by atoms with Crippen molar-refractivity contribution in [1.29, 1.82) is 0 Å². The number of nitrogens with one attached hydrogen (secondary N) is 2. The summed E-state index contributed by atoms with van der Waals surface area (Å²) in [6.07, 6.45) is 4.82. The average Bonchev–Trinajstić information content (AvgIpc) is 2.99. The minimum absolute atomic E-state index is 0.119. The Morgan fingerprint density at radius 3 is 2.86 bits per heavy atom. The van der Waals surface area contributed by atoms with Gasteiger partial charge in [0.2, 0.25) is 11.8 Å². The van der Waals surface area contributed by atoms with Crippen molar-refractivity contribution in [3.63, 3.8) is 0 Å². The van der Waals surface area contributed by atoms with E-state index in [2.05, 4.69) is 17.6 Å². The third kappa shape index (κ3) is 4.59. The quantitative estimate of drug-likeness (QED) is 0.440. The number of carbonyl (C=O) groups is 3. The van der Waals surface area contributed by atoms with Gasteiger partial charge >= 0.3 is 0 Å². The van der Waals surface area contributed by atoms with Crippen molar-refractivity contribution < 1.29 is 14.4 Å². The molecule has 0 radical (unpaired) electrons. The molecule has 0 bridgehead atoms. The second-order valence-electron chi connectivity index (χ2n) is 7.72. The van der Waals surface area contributed by atoms with Crippen LogP contribution >= 0.6 is 0 Å². The highest BCUT2D eigenvalue weighted by molar-refractivity contribution is 6.05. The van der Waals surface area contributed by atoms with E-state index >= 15 is 0 Å². The molecule has 1 fully saturated rings. The summed E-state index contributed by atoms with van der Waals surface area (Å²) in [6.45, 7) is 4.02. The molecule has 28 heavy (non-hydrogen) atoms. The average molecular weight is 386 g/mol. The van der Waals surface area contributed by atoms with Crippen LogP contribution in [0.4, 0.5) is 0 Å². The summed E-state index contributed by atoms with van der Waals surface area (Å²) >= 11 is 0. The molecule has 3 rings (SSSR count). The topological polar surface area (TPSA) is 105 Å². The van der Waals surface area contributed by atoms with Gasteiger partial charge in [0.15, 0.2) is 0 Å². The molecule has 4 N–H and O–H groups in total. The minimum Gasteiger partial charge on any atom is -0.328 e. The zero-order chi connectivity index (χ0) is 20.1. The van der Waals surface area contributed by atoms with E-state index in [4.69, 9.17) is 5.73 Å². The largest absolute Gasteiger partial charge is 0.328 e. The predicted molar refractivity (Wildman–Crippen MR) is 106 cm³/mol. The van der Waals surface area contributed by atoms with Crippen LogP contribution in [0.5, 0.6) is 0 Å². The van der Waals surface area contributed by atoms with Crippen LogP contribution in [-0.4, -0.2) is 41.2 Å². The fourth-order valence-electron chi connectivity index (χ4n) is 4.06. The summed E-state index contributed by atoms with van der Waals surface area (Å²) in [5.41, 5.74) is 8.64. The summed E-state index contributed by atoms with van der Waals surface area (Å²) in [7, 11) is 0. The van der Waals surface area contributed by atoms with E-state index in [1.807, 2.05) is 18.2 Å². The SMILES string of the molecule is CCCC(N)CCCNCc1cccc2c1C(=O)N(C1CCC(=O)NC1=O)C2. The van der Waals surface area contributed by atoms with E-state index in [9.17, 15) is 14.4 Å². The lowest BCUT2D eigenvalue weighted by molar-refractivity contribution is -0.136. The standard InChI is InChI=1S/C21H30N4O3/c1-2-5-16(22)8-4-11-23-12-14-6-3-7-15-13-25(21(28)19(14)15)17-9-10-18(26)24-20(17)27/h3,6-7,16-17,23H,2,4-5,8-13,22H2,1H3,(H,24,26,27). The van der Waals surface area contributed by atoms with Crippen molar-refractivity contribution in [2.75, 3.05) is 6.54 Å². The monoisotopic (exact) mass is 386 g/mol. The van der Waals surface area contributed by atoms with Gasteiger partial charge in [0, 0.05) is 31.1 Å². The Bertz CT molecular complexity index is 749. The molecule has 1 saturated heterocycles. The molecule has 2 aliphatic rings. The molecular weight excluding hydrogens is 356 g/mol. The predicted octanol–water partition coefficient (Wildman–Crippen LogP) is 1.44. The third-order valence-corrected chi connectivity index (χ3v) is 5.54. The number of hydrogen-bond acceptors (Lipinski definition) is 5. The van der Waals surface area contributed by atoms with Gasteiger partial charge in [-0.1, -0.05) is 31.5 Å². The number of imide groups is 1. The second-order valence-corrected chi connectivity index (χ2v) is 7.72. The van der Waals surface area contributed by atoms with Gasteiger partial charge in [0.25, 0.3) is 5.91 Å². The molecule has 0 spiro atoms. The molecule has 1 aromatic carbocycles. The Hall–Kier alpha value is -2.25. The van der Waals surface area contributed by atoms with Gasteiger partial charge in [-0.2, -0.15) is 0 Å². The van der Waals surface area contributed by atoms with Crippen molar-refractivity contribution in [3.8, 4) is 0 Å². The van der Waals surface area contributed by atoms with Crippen LogP contribution in [0.15, 0.2) is 18.2 Å². The maximum Gasteiger partial charge on any atom is 0.255 e. The number of fused-ring (bicyclic) bond motifs is 1. The van der Waals surface area contributed by atoms with Crippen molar-refractivity contribution in [3.05, 3.63) is 34.9 Å². The number of benzene rings is 1. The first-order valence-corrected chi connectivity index (χ1v) is 10.2. The lowest BCUT2D eigenvalue weighted by Gasteiger charge is -2.29. The lowest BCUT2D eigenvalue weighted by Crippen LogP contribution is -2.52. The van der Waals surface area contributed by atoms with E-state index in [1.165, 1.54) is 0 Å². The van der Waals surface area contributed by atoms with Crippen LogP contribution < -0.4 is 16.4 Å². The minimum atomic E-state index is -0.571. The van der Waals surface area contributed by atoms with E-state index in [0.717, 1.165) is 43.4 Å². The lowest BCUT2D eigenvalue weighted by atomic mass is 10.0. The molecule has 2 atom stereocenters. The first-order valence-electron chi connectivity index (χ1n) is 10.2. The van der Waals surface area contributed by atoms with Crippen LogP contribution in [0.3, 0.4) is 0 Å². The first kappa shape index (κ1) is 20.5. The number of nitrogens with two attached hydrogens (primary N) is 1. The Labute approximate surface area is 166 Å². The van der Waals surface area contributed by atoms with Gasteiger partial charge in [-0.25, -0.2) is 0 Å². The zero-order valence-electron chi connectivity index (χ0n) is 16.5. The van der Waals surface area contributed by atoms with Crippen LogP contribution in [0.25, 0.3) is 0 Å². The van der Waals surface area contributed by atoms with Crippen LogP contribution in [-0.2, 0) is 22.7 Å². The highest BCUT2D eigenvalue weighted by atomic mass is 16.2. The highest BCUT2D eigenvalue weighted by Crippen LogP contribution is 2.29. The van der Waals surface area contributed by atoms with E-state index in [-0.39, 0.29) is 30.2 Å². The molecule has 0 aromatic heterocycles. The van der Waals surface area contributed by atoms with Gasteiger partial charge in [-0.15, -0.1) is 0 Å². The van der Waals surface area contributed by atoms with E-state index < -0.39 is 6.04 Å². The number of rotatable bonds is 9. The number of carbonyl (C=O) groups excluding carboxylic acids is 3. The number of piperidine rings is 1. The Kier molecular flexibility index (Phi) is 6.80. The van der Waals surface area contributed by atoms with Gasteiger partial charge in [-0.05, 0) is 43.4 Å². The Morgan fingerprint density at radius 2 is 2.11 bits per heavy atom. The Morgan fingerprint density at radius 1 is 1.29 bits per heavy atom. The second kappa shape index (κ2) is 9.30. The molecule has 2 aliphatic heterocycles. The molecule has 3 amide bonds. The van der Waals surface area contributed by atoms with Crippen molar-refractivity contribution in [1.82, 2.24) is 15.5 Å². The molecule has 2 unspecified atom stereocenters. The van der Waals surface area contributed by atoms with Crippen LogP contribution in [0.1, 0.15) is 66.9 Å². The van der Waals surface area contributed by atoms with Gasteiger partial charge in [0.05, 0.1) is 0 Å². The van der Waals surface area contributed by atoms with Gasteiger partial charge in [0.1, 0.15) is 6.04 Å². The van der Waals surface area contributed by atoms with Gasteiger partial charge in [-0.3, -0.25) is 19.7 Å². The summed E-state index contributed by atoms with van der Waals surface area (Å²) in [5, 5.41) is 5.75. The van der Waals surface area contributed by atoms with E-state index in [1.54, 1.807) is 4.90 Å². The third-order valence-electron chi connectivity index (χ3n) is 5.54. The highest BCUT2D eigenvalue weighted by Gasteiger charge is 2.39. The summed E-state index contributed by atoms with van der Waals surface area (Å²) in [5.74, 6) is -0.763. The maximum atomic E-state index is 13.0. The van der Waals surface area contributed by atoms with Crippen molar-refractivity contribution in [2.45, 2.75) is 70.6 Å². The summed E-state index contributed by atoms with van der Waals surface area (Å²) in [6, 6.07) is 5.54. The van der Waals surface area contributed by atoms with Crippen LogP contribution in [0.2, 0.25) is 0 Å². The van der Waals surface area contributed by atoms with E-state index in [0.29, 0.717) is 25.1 Å².